The minimum atomic E-state index is -0.375. The van der Waals surface area contributed by atoms with Gasteiger partial charge in [0.2, 0.25) is 0 Å². The summed E-state index contributed by atoms with van der Waals surface area (Å²) in [4.78, 5) is 11.8. The van der Waals surface area contributed by atoms with Gasteiger partial charge in [0.15, 0.2) is 0 Å². The van der Waals surface area contributed by atoms with Gasteiger partial charge in [0.25, 0.3) is 0 Å². The molecule has 236 valence electrons. The Labute approximate surface area is 263 Å². The van der Waals surface area contributed by atoms with Crippen molar-refractivity contribution < 1.29 is 24.5 Å². The topological polar surface area (TPSA) is 76.0 Å². The highest BCUT2D eigenvalue weighted by atomic mass is 16.5. The number of benzene rings is 3. The number of hydrogen-bond acceptors (Lipinski definition) is 5. The molecule has 0 unspecified atom stereocenters. The molecular formula is C39H50O5. The van der Waals surface area contributed by atoms with Crippen molar-refractivity contribution in [2.24, 2.45) is 11.8 Å². The average Bonchev–Trinajstić information content (AvgIpc) is 3.05. The quantitative estimate of drug-likeness (QED) is 0.105. The van der Waals surface area contributed by atoms with Gasteiger partial charge in [-0.15, -0.1) is 0 Å². The van der Waals surface area contributed by atoms with Crippen molar-refractivity contribution in [1.82, 2.24) is 0 Å². The molecule has 0 atom stereocenters. The fourth-order valence-electron chi connectivity index (χ4n) is 6.10. The molecule has 44 heavy (non-hydrogen) atoms. The molecule has 1 fully saturated rings. The zero-order valence-corrected chi connectivity index (χ0v) is 26.8. The average molecular weight is 599 g/mol. The van der Waals surface area contributed by atoms with Crippen LogP contribution in [-0.2, 0) is 22.4 Å². The molecule has 0 saturated heterocycles. The number of rotatable bonds is 15. The summed E-state index contributed by atoms with van der Waals surface area (Å²) in [5, 5.41) is 18.8. The van der Waals surface area contributed by atoms with Crippen LogP contribution in [0.4, 0.5) is 0 Å². The molecule has 0 heterocycles. The van der Waals surface area contributed by atoms with Crippen LogP contribution < -0.4 is 4.74 Å². The van der Waals surface area contributed by atoms with Gasteiger partial charge in [-0.2, -0.15) is 0 Å². The number of aliphatic hydroxyl groups excluding tert-OH is 2. The van der Waals surface area contributed by atoms with E-state index < -0.39 is 0 Å². The zero-order valence-electron chi connectivity index (χ0n) is 26.8. The highest BCUT2D eigenvalue weighted by Crippen LogP contribution is 2.37. The van der Waals surface area contributed by atoms with Crippen LogP contribution in [-0.4, -0.2) is 42.6 Å². The molecule has 3 aromatic carbocycles. The van der Waals surface area contributed by atoms with Crippen molar-refractivity contribution in [2.45, 2.75) is 78.1 Å². The summed E-state index contributed by atoms with van der Waals surface area (Å²) in [6, 6.07) is 22.3. The minimum Gasteiger partial charge on any atom is -0.493 e. The van der Waals surface area contributed by atoms with E-state index >= 15 is 0 Å². The van der Waals surface area contributed by atoms with Crippen LogP contribution in [0.3, 0.4) is 0 Å². The molecule has 0 aromatic heterocycles. The number of aryl methyl sites for hydroxylation is 2. The maximum atomic E-state index is 11.8. The second-order valence-corrected chi connectivity index (χ2v) is 12.5. The Bertz CT molecular complexity index is 1360. The van der Waals surface area contributed by atoms with E-state index in [-0.39, 0.29) is 25.1 Å². The van der Waals surface area contributed by atoms with E-state index in [9.17, 15) is 15.0 Å². The fourth-order valence-corrected chi connectivity index (χ4v) is 6.10. The molecule has 0 aliphatic heterocycles. The van der Waals surface area contributed by atoms with Crippen molar-refractivity contribution in [3.63, 3.8) is 0 Å². The van der Waals surface area contributed by atoms with Crippen molar-refractivity contribution in [3.05, 3.63) is 89.5 Å². The molecule has 0 amide bonds. The number of ether oxygens (including phenoxy) is 2. The molecule has 5 nitrogen and oxygen atoms in total. The fraction of sp³-hybridized carbons (Fsp3) is 0.462. The first-order valence-corrected chi connectivity index (χ1v) is 16.4. The molecule has 0 radical (unpaired) electrons. The molecular weight excluding hydrogens is 548 g/mol. The number of esters is 1. The second-order valence-electron chi connectivity index (χ2n) is 12.5. The van der Waals surface area contributed by atoms with Crippen molar-refractivity contribution in [3.8, 4) is 28.0 Å². The Hall–Kier alpha value is -3.41. The van der Waals surface area contributed by atoms with Crippen LogP contribution in [0.2, 0.25) is 0 Å². The molecule has 5 heteroatoms. The largest absolute Gasteiger partial charge is 0.493 e. The van der Waals surface area contributed by atoms with Crippen molar-refractivity contribution in [2.75, 3.05) is 26.4 Å². The normalized spacial score (nSPS) is 16.6. The summed E-state index contributed by atoms with van der Waals surface area (Å²) in [6.45, 7) is 10.4. The lowest BCUT2D eigenvalue weighted by Crippen LogP contribution is -2.15. The number of hydrogen-bond donors (Lipinski definition) is 2. The lowest BCUT2D eigenvalue weighted by atomic mass is 9.79. The third kappa shape index (κ3) is 9.06. The van der Waals surface area contributed by atoms with Gasteiger partial charge in [0, 0.05) is 24.7 Å². The summed E-state index contributed by atoms with van der Waals surface area (Å²) in [5.41, 5.74) is 9.00. The first kappa shape index (κ1) is 33.5. The van der Waals surface area contributed by atoms with Crippen molar-refractivity contribution in [1.29, 1.82) is 0 Å². The SMILES string of the molecule is C=C(C)C(=O)OCCCc1cc(-c2ccc(-c3ccc(C4CCC(C)CC4)cc3)cc2CC)ccc1OCCC(CO)CO. The van der Waals surface area contributed by atoms with Gasteiger partial charge in [0.05, 0.1) is 13.2 Å². The van der Waals surface area contributed by atoms with E-state index in [1.54, 1.807) is 6.92 Å². The molecule has 0 bridgehead atoms. The van der Waals surface area contributed by atoms with E-state index in [1.807, 2.05) is 6.07 Å². The van der Waals surface area contributed by atoms with Crippen LogP contribution in [0.15, 0.2) is 72.8 Å². The molecule has 1 aliphatic rings. The predicted octanol–water partition coefficient (Wildman–Crippen LogP) is 8.30. The van der Waals surface area contributed by atoms with E-state index in [0.717, 1.165) is 29.2 Å². The summed E-state index contributed by atoms with van der Waals surface area (Å²) in [5.74, 6) is 1.76. The molecule has 3 aromatic rings. The van der Waals surface area contributed by atoms with E-state index in [4.69, 9.17) is 9.47 Å². The molecule has 2 N–H and O–H groups in total. The first-order chi connectivity index (χ1) is 21.3. The smallest absolute Gasteiger partial charge is 0.333 e. The van der Waals surface area contributed by atoms with Crippen LogP contribution in [0.1, 0.15) is 81.9 Å². The molecule has 1 saturated carbocycles. The Morgan fingerprint density at radius 2 is 1.55 bits per heavy atom. The highest BCUT2D eigenvalue weighted by molar-refractivity contribution is 5.86. The predicted molar refractivity (Wildman–Crippen MR) is 179 cm³/mol. The second kappa shape index (κ2) is 16.6. The lowest BCUT2D eigenvalue weighted by molar-refractivity contribution is -0.139. The summed E-state index contributed by atoms with van der Waals surface area (Å²) < 4.78 is 11.5. The van der Waals surface area contributed by atoms with Gasteiger partial charge in [-0.1, -0.05) is 81.8 Å². The molecule has 0 spiro atoms. The van der Waals surface area contributed by atoms with Crippen LogP contribution in [0.25, 0.3) is 22.3 Å². The van der Waals surface area contributed by atoms with E-state index in [1.165, 1.54) is 53.5 Å². The van der Waals surface area contributed by atoms with Crippen LogP contribution in [0.5, 0.6) is 5.75 Å². The zero-order chi connectivity index (χ0) is 31.5. The number of aliphatic hydroxyl groups is 2. The highest BCUT2D eigenvalue weighted by Gasteiger charge is 2.20. The maximum Gasteiger partial charge on any atom is 0.333 e. The number of carbonyl (C=O) groups is 1. The summed E-state index contributed by atoms with van der Waals surface area (Å²) in [6.07, 6.45) is 8.07. The number of carbonyl (C=O) groups excluding carboxylic acids is 1. The van der Waals surface area contributed by atoms with Crippen molar-refractivity contribution >= 4 is 5.97 Å². The van der Waals surface area contributed by atoms with Gasteiger partial charge in [-0.25, -0.2) is 4.79 Å². The molecule has 1 aliphatic carbocycles. The van der Waals surface area contributed by atoms with Crippen LogP contribution in [0, 0.1) is 11.8 Å². The maximum absolute atomic E-state index is 11.8. The summed E-state index contributed by atoms with van der Waals surface area (Å²) >= 11 is 0. The summed E-state index contributed by atoms with van der Waals surface area (Å²) in [7, 11) is 0. The van der Waals surface area contributed by atoms with E-state index in [2.05, 4.69) is 75.0 Å². The molecule has 4 rings (SSSR count). The van der Waals surface area contributed by atoms with Gasteiger partial charge < -0.3 is 19.7 Å². The third-order valence-electron chi connectivity index (χ3n) is 9.06. The van der Waals surface area contributed by atoms with Gasteiger partial charge in [-0.3, -0.25) is 0 Å². The monoisotopic (exact) mass is 598 g/mol. The Balaban J connectivity index is 1.53. The Kier molecular flexibility index (Phi) is 12.6. The first-order valence-electron chi connectivity index (χ1n) is 16.4. The Morgan fingerprint density at radius 3 is 2.20 bits per heavy atom. The van der Waals surface area contributed by atoms with Gasteiger partial charge >= 0.3 is 5.97 Å². The Morgan fingerprint density at radius 1 is 0.886 bits per heavy atom. The third-order valence-corrected chi connectivity index (χ3v) is 9.06. The lowest BCUT2D eigenvalue weighted by Gasteiger charge is -2.26. The van der Waals surface area contributed by atoms with Gasteiger partial charge in [-0.05, 0) is 108 Å². The standard InChI is InChI=1S/C39H50O5/c1-5-30-23-34(33-14-12-32(13-15-33)31-10-8-28(4)9-11-31)16-18-37(30)35-17-19-38(43-22-20-29(25-40)26-41)36(24-35)7-6-21-44-39(42)27(2)3/h12-19,23-24,28-29,31,40-41H,2,5-11,20-22,25-26H2,1,3-4H3. The van der Waals surface area contributed by atoms with Crippen LogP contribution >= 0.6 is 0 Å². The minimum absolute atomic E-state index is 0.0699. The van der Waals surface area contributed by atoms with Gasteiger partial charge in [0.1, 0.15) is 5.75 Å². The van der Waals surface area contributed by atoms with E-state index in [0.29, 0.717) is 44.0 Å².